The molecule has 0 unspecified atom stereocenters. The van der Waals surface area contributed by atoms with E-state index < -0.39 is 11.9 Å². The van der Waals surface area contributed by atoms with Crippen LogP contribution in [0.3, 0.4) is 0 Å². The summed E-state index contributed by atoms with van der Waals surface area (Å²) in [7, 11) is 0. The van der Waals surface area contributed by atoms with Crippen LogP contribution in [-0.2, 0) is 9.59 Å². The molecule has 3 aromatic carbocycles. The average Bonchev–Trinajstić information content (AvgIpc) is 2.91. The zero-order chi connectivity index (χ0) is 25.6. The molecule has 0 spiro atoms. The van der Waals surface area contributed by atoms with Crippen LogP contribution in [0.2, 0.25) is 0 Å². The zero-order valence-corrected chi connectivity index (χ0v) is 20.3. The fraction of sp³-hybridized carbons (Fsp3) is 0.267. The minimum atomic E-state index is -1.26. The molecule has 0 aliphatic carbocycles. The van der Waals surface area contributed by atoms with E-state index >= 15 is 0 Å². The first kappa shape index (κ1) is 26.7. The summed E-state index contributed by atoms with van der Waals surface area (Å²) < 4.78 is 5.88. The van der Waals surface area contributed by atoms with E-state index in [4.69, 9.17) is 14.9 Å². The van der Waals surface area contributed by atoms with Crippen LogP contribution in [-0.4, -0.2) is 53.3 Å². The van der Waals surface area contributed by atoms with Crippen LogP contribution in [0.4, 0.5) is 0 Å². The summed E-state index contributed by atoms with van der Waals surface area (Å²) in [5.41, 5.74) is 2.89. The van der Waals surface area contributed by atoms with Gasteiger partial charge in [-0.2, -0.15) is 0 Å². The molecule has 2 N–H and O–H groups in total. The maximum atomic E-state index is 9.55. The van der Waals surface area contributed by atoms with Crippen molar-refractivity contribution in [1.29, 1.82) is 0 Å². The quantitative estimate of drug-likeness (QED) is 0.397. The Bertz CT molecular complexity index is 1020. The number of hydrogen-bond donors (Lipinski definition) is 2. The number of benzene rings is 3. The summed E-state index contributed by atoms with van der Waals surface area (Å²) in [6.07, 6.45) is 3.59. The van der Waals surface area contributed by atoms with Gasteiger partial charge in [0.25, 0.3) is 0 Å². The number of rotatable bonds is 9. The first-order valence-corrected chi connectivity index (χ1v) is 12.2. The van der Waals surface area contributed by atoms with Gasteiger partial charge >= 0.3 is 11.9 Å². The predicted octanol–water partition coefficient (Wildman–Crippen LogP) is 5.32. The number of hydrogen-bond acceptors (Lipinski definition) is 4. The van der Waals surface area contributed by atoms with Gasteiger partial charge in [0.05, 0.1) is 0 Å². The molecule has 0 radical (unpaired) electrons. The summed E-state index contributed by atoms with van der Waals surface area (Å²) >= 11 is 0. The molecule has 6 nitrogen and oxygen atoms in total. The largest absolute Gasteiger partial charge is 0.492 e. The lowest BCUT2D eigenvalue weighted by Crippen LogP contribution is -2.38. The van der Waals surface area contributed by atoms with Gasteiger partial charge in [0.15, 0.2) is 0 Å². The van der Waals surface area contributed by atoms with Crippen molar-refractivity contribution in [2.75, 3.05) is 26.2 Å². The van der Waals surface area contributed by atoms with E-state index in [1.807, 2.05) is 30.3 Å². The molecule has 0 bridgehead atoms. The summed E-state index contributed by atoms with van der Waals surface area (Å²) in [6.45, 7) is 4.07. The first-order chi connectivity index (χ1) is 17.5. The number of nitrogens with zero attached hydrogens (tertiary/aromatic N) is 1. The molecule has 3 aromatic rings. The lowest BCUT2D eigenvalue weighted by atomic mass is 9.76. The van der Waals surface area contributed by atoms with Crippen molar-refractivity contribution in [3.8, 4) is 5.75 Å². The lowest BCUT2D eigenvalue weighted by molar-refractivity contribution is -0.134. The Labute approximate surface area is 212 Å². The fourth-order valence-electron chi connectivity index (χ4n) is 4.52. The smallest absolute Gasteiger partial charge is 0.328 e. The number of carboxylic acid groups (broad SMARTS) is 2. The molecule has 0 amide bonds. The molecule has 4 rings (SSSR count). The fourth-order valence-corrected chi connectivity index (χ4v) is 4.52. The third kappa shape index (κ3) is 9.04. The number of likely N-dealkylation sites (tertiary alicyclic amines) is 1. The van der Waals surface area contributed by atoms with E-state index in [2.05, 4.69) is 65.6 Å². The number of carbonyl (C=O) groups is 2. The second kappa shape index (κ2) is 14.5. The molecule has 1 fully saturated rings. The van der Waals surface area contributed by atoms with Crippen molar-refractivity contribution in [2.24, 2.45) is 5.92 Å². The molecule has 1 saturated heterocycles. The van der Waals surface area contributed by atoms with Crippen LogP contribution < -0.4 is 4.74 Å². The van der Waals surface area contributed by atoms with Gasteiger partial charge in [-0.25, -0.2) is 9.59 Å². The number of para-hydroxylation sites is 1. The van der Waals surface area contributed by atoms with E-state index in [1.165, 1.54) is 24.0 Å². The number of carboxylic acids is 2. The van der Waals surface area contributed by atoms with E-state index in [0.29, 0.717) is 24.0 Å². The summed E-state index contributed by atoms with van der Waals surface area (Å²) in [4.78, 5) is 21.7. The molecule has 0 saturated carbocycles. The Morgan fingerprint density at radius 3 is 1.67 bits per heavy atom. The minimum absolute atomic E-state index is 0.491. The second-order valence-electron chi connectivity index (χ2n) is 8.65. The maximum Gasteiger partial charge on any atom is 0.328 e. The molecule has 0 atom stereocenters. The van der Waals surface area contributed by atoms with Crippen molar-refractivity contribution in [3.05, 3.63) is 114 Å². The highest BCUT2D eigenvalue weighted by Gasteiger charge is 2.28. The van der Waals surface area contributed by atoms with Crippen molar-refractivity contribution < 1.29 is 24.5 Å². The van der Waals surface area contributed by atoms with E-state index in [0.717, 1.165) is 32.0 Å². The molecule has 0 aromatic heterocycles. The minimum Gasteiger partial charge on any atom is -0.492 e. The molecular weight excluding hydrogens is 454 g/mol. The van der Waals surface area contributed by atoms with Gasteiger partial charge in [-0.15, -0.1) is 0 Å². The number of piperidine rings is 1. The number of aliphatic carboxylic acids is 2. The van der Waals surface area contributed by atoms with E-state index in [-0.39, 0.29) is 0 Å². The Balaban J connectivity index is 0.000000392. The Morgan fingerprint density at radius 2 is 1.22 bits per heavy atom. The topological polar surface area (TPSA) is 87.1 Å². The predicted molar refractivity (Wildman–Crippen MR) is 140 cm³/mol. The highest BCUT2D eigenvalue weighted by Crippen LogP contribution is 2.37. The van der Waals surface area contributed by atoms with Gasteiger partial charge in [-0.05, 0) is 55.1 Å². The summed E-state index contributed by atoms with van der Waals surface area (Å²) in [6, 6.07) is 32.2. The van der Waals surface area contributed by atoms with Crippen LogP contribution in [0.1, 0.15) is 29.9 Å². The Morgan fingerprint density at radius 1 is 0.778 bits per heavy atom. The van der Waals surface area contributed by atoms with Crippen LogP contribution in [0, 0.1) is 5.92 Å². The van der Waals surface area contributed by atoms with Crippen LogP contribution in [0.15, 0.2) is 103 Å². The molecule has 36 heavy (non-hydrogen) atoms. The monoisotopic (exact) mass is 487 g/mol. The molecule has 188 valence electrons. The third-order valence-corrected chi connectivity index (χ3v) is 6.21. The van der Waals surface area contributed by atoms with Gasteiger partial charge < -0.3 is 14.9 Å². The number of ether oxygens (including phenoxy) is 1. The standard InChI is InChI=1S/C26H29NO.C4H4O4/c1-4-10-22(11-5-1)26(23-12-6-2-7-13-23)24-16-18-27(19-17-24)20-21-28-25-14-8-3-9-15-25;5-3(6)1-2-4(7)8/h1-15,24,26H,16-21H2;1-2H,(H,5,6)(H,7,8). The van der Waals surface area contributed by atoms with Gasteiger partial charge in [0.2, 0.25) is 0 Å². The highest BCUT2D eigenvalue weighted by atomic mass is 16.5. The molecule has 1 heterocycles. The Hall–Kier alpha value is -3.90. The van der Waals surface area contributed by atoms with Crippen molar-refractivity contribution in [1.82, 2.24) is 4.90 Å². The highest BCUT2D eigenvalue weighted by molar-refractivity contribution is 5.89. The van der Waals surface area contributed by atoms with Crippen molar-refractivity contribution >= 4 is 11.9 Å². The summed E-state index contributed by atoms with van der Waals surface area (Å²) in [5, 5.41) is 15.6. The zero-order valence-electron chi connectivity index (χ0n) is 20.3. The van der Waals surface area contributed by atoms with Gasteiger partial charge in [0.1, 0.15) is 12.4 Å². The molecule has 6 heteroatoms. The normalized spacial score (nSPS) is 14.2. The second-order valence-corrected chi connectivity index (χ2v) is 8.65. The maximum absolute atomic E-state index is 9.55. The van der Waals surface area contributed by atoms with Crippen molar-refractivity contribution in [3.63, 3.8) is 0 Å². The SMILES string of the molecule is O=C(O)C=CC(=O)O.c1ccc(OCCN2CCC(C(c3ccccc3)c3ccccc3)CC2)cc1. The van der Waals surface area contributed by atoms with Crippen LogP contribution in [0.25, 0.3) is 0 Å². The molecule has 1 aliphatic heterocycles. The van der Waals surface area contributed by atoms with Crippen molar-refractivity contribution in [2.45, 2.75) is 18.8 Å². The van der Waals surface area contributed by atoms with E-state index in [1.54, 1.807) is 0 Å². The molecule has 1 aliphatic rings. The average molecular weight is 488 g/mol. The molecular formula is C30H33NO5. The Kier molecular flexibility index (Phi) is 10.7. The lowest BCUT2D eigenvalue weighted by Gasteiger charge is -2.36. The van der Waals surface area contributed by atoms with Crippen LogP contribution in [0.5, 0.6) is 5.75 Å². The summed E-state index contributed by atoms with van der Waals surface area (Å²) in [5.74, 6) is -0.369. The van der Waals surface area contributed by atoms with Gasteiger partial charge in [-0.1, -0.05) is 78.9 Å². The van der Waals surface area contributed by atoms with Crippen LogP contribution >= 0.6 is 0 Å². The van der Waals surface area contributed by atoms with Gasteiger partial charge in [0, 0.05) is 24.6 Å². The third-order valence-electron chi connectivity index (χ3n) is 6.21. The van der Waals surface area contributed by atoms with E-state index in [9.17, 15) is 9.59 Å². The van der Waals surface area contributed by atoms with Gasteiger partial charge in [-0.3, -0.25) is 4.90 Å². The first-order valence-electron chi connectivity index (χ1n) is 12.2.